The second-order valence-corrected chi connectivity index (χ2v) is 15.3. The second-order valence-electron chi connectivity index (χ2n) is 15.3. The molecule has 1 amide bonds. The minimum Gasteiger partial charge on any atom is -0.446 e. The highest BCUT2D eigenvalue weighted by atomic mass is 16.6. The minimum atomic E-state index is -0.958. The molecule has 9 atom stereocenters. The van der Waals surface area contributed by atoms with E-state index < -0.39 is 5.60 Å². The largest absolute Gasteiger partial charge is 0.446 e. The third-order valence-electron chi connectivity index (χ3n) is 12.6. The van der Waals surface area contributed by atoms with Gasteiger partial charge in [-0.3, -0.25) is 0 Å². The molecule has 4 fully saturated rings. The number of fused-ring (bicyclic) bond motifs is 5. The van der Waals surface area contributed by atoms with Crippen molar-refractivity contribution in [3.63, 3.8) is 0 Å². The van der Waals surface area contributed by atoms with Gasteiger partial charge in [-0.1, -0.05) is 64.3 Å². The first kappa shape index (κ1) is 31.1. The van der Waals surface area contributed by atoms with Crippen LogP contribution >= 0.6 is 0 Å². The van der Waals surface area contributed by atoms with Crippen LogP contribution in [-0.4, -0.2) is 65.8 Å². The van der Waals surface area contributed by atoms with Gasteiger partial charge in [0.1, 0.15) is 6.10 Å². The van der Waals surface area contributed by atoms with Crippen LogP contribution in [0.1, 0.15) is 105 Å². The van der Waals surface area contributed by atoms with E-state index in [1.165, 1.54) is 17.6 Å². The summed E-state index contributed by atoms with van der Waals surface area (Å²) in [5.41, 5.74) is 1.78. The van der Waals surface area contributed by atoms with Crippen molar-refractivity contribution in [1.29, 1.82) is 0 Å². The van der Waals surface area contributed by atoms with E-state index in [2.05, 4.69) is 46.8 Å². The number of allylic oxidation sites excluding steroid dienone is 3. The lowest BCUT2D eigenvalue weighted by Gasteiger charge is -2.56. The van der Waals surface area contributed by atoms with E-state index in [4.69, 9.17) is 9.47 Å². The van der Waals surface area contributed by atoms with Crippen molar-refractivity contribution >= 4 is 6.09 Å². The highest BCUT2D eigenvalue weighted by Gasteiger charge is 2.62. The van der Waals surface area contributed by atoms with Gasteiger partial charge in [-0.05, 0) is 99.2 Å². The fourth-order valence-corrected chi connectivity index (χ4v) is 9.76. The summed E-state index contributed by atoms with van der Waals surface area (Å²) in [4.78, 5) is 15.7. The molecule has 0 heterocycles. The third-order valence-corrected chi connectivity index (χ3v) is 12.6. The van der Waals surface area contributed by atoms with E-state index in [0.29, 0.717) is 55.7 Å². The Morgan fingerprint density at radius 3 is 2.56 bits per heavy atom. The van der Waals surface area contributed by atoms with Crippen molar-refractivity contribution in [3.8, 4) is 0 Å². The van der Waals surface area contributed by atoms with Gasteiger partial charge in [0, 0.05) is 25.7 Å². The van der Waals surface area contributed by atoms with E-state index in [9.17, 15) is 15.0 Å². The molecular formula is C35H57NO5. The Morgan fingerprint density at radius 1 is 1.07 bits per heavy atom. The molecule has 0 aromatic heterocycles. The van der Waals surface area contributed by atoms with E-state index in [0.717, 1.165) is 57.8 Å². The summed E-state index contributed by atoms with van der Waals surface area (Å²) < 4.78 is 11.6. The smallest absolute Gasteiger partial charge is 0.410 e. The molecule has 5 rings (SSSR count). The van der Waals surface area contributed by atoms with Gasteiger partial charge in [-0.25, -0.2) is 4.79 Å². The van der Waals surface area contributed by atoms with Gasteiger partial charge < -0.3 is 24.6 Å². The number of hydrogen-bond acceptors (Lipinski definition) is 5. The Morgan fingerprint density at radius 2 is 1.83 bits per heavy atom. The molecule has 0 aromatic carbocycles. The van der Waals surface area contributed by atoms with Crippen LogP contribution in [0.25, 0.3) is 0 Å². The van der Waals surface area contributed by atoms with Gasteiger partial charge in [0.05, 0.1) is 18.2 Å². The molecule has 0 saturated heterocycles. The van der Waals surface area contributed by atoms with Crippen molar-refractivity contribution in [1.82, 2.24) is 4.90 Å². The first-order valence-corrected chi connectivity index (χ1v) is 16.7. The first-order valence-electron chi connectivity index (χ1n) is 16.7. The Labute approximate surface area is 248 Å². The number of amides is 1. The quantitative estimate of drug-likeness (QED) is 0.310. The molecule has 2 unspecified atom stereocenters. The number of carbonyl (C=O) groups excluding carboxylic acids is 1. The molecule has 0 bridgehead atoms. The molecule has 0 aliphatic heterocycles. The number of carbonyl (C=O) groups is 1. The molecule has 6 heteroatoms. The van der Waals surface area contributed by atoms with Gasteiger partial charge in [0.2, 0.25) is 0 Å². The van der Waals surface area contributed by atoms with Gasteiger partial charge in [-0.15, -0.1) is 0 Å². The van der Waals surface area contributed by atoms with Crippen molar-refractivity contribution in [2.45, 2.75) is 123 Å². The lowest BCUT2D eigenvalue weighted by Crippen LogP contribution is -2.57. The predicted molar refractivity (Wildman–Crippen MR) is 162 cm³/mol. The Kier molecular flexibility index (Phi) is 9.06. The topological polar surface area (TPSA) is 79.2 Å². The fraction of sp³-hybridized carbons (Fsp3) is 0.857. The van der Waals surface area contributed by atoms with Crippen molar-refractivity contribution in [3.05, 3.63) is 23.3 Å². The number of methoxy groups -OCH3 is 1. The van der Waals surface area contributed by atoms with Gasteiger partial charge in [0.25, 0.3) is 0 Å². The van der Waals surface area contributed by atoms with E-state index in [1.54, 1.807) is 7.11 Å². The van der Waals surface area contributed by atoms with Crippen molar-refractivity contribution in [2.75, 3.05) is 26.8 Å². The first-order chi connectivity index (χ1) is 19.4. The minimum absolute atomic E-state index is 0.0590. The van der Waals surface area contributed by atoms with E-state index in [1.807, 2.05) is 4.90 Å². The van der Waals surface area contributed by atoms with Gasteiger partial charge >= 0.3 is 6.09 Å². The Bertz CT molecular complexity index is 1020. The molecule has 0 aromatic rings. The lowest BCUT2D eigenvalue weighted by atomic mass is 9.50. The summed E-state index contributed by atoms with van der Waals surface area (Å²) in [6, 6.07) is 0. The molecule has 41 heavy (non-hydrogen) atoms. The third kappa shape index (κ3) is 5.67. The zero-order valence-electron chi connectivity index (χ0n) is 26.7. The summed E-state index contributed by atoms with van der Waals surface area (Å²) in [5, 5.41) is 22.8. The summed E-state index contributed by atoms with van der Waals surface area (Å²) in [7, 11) is 1.69. The highest BCUT2D eigenvalue weighted by Crippen LogP contribution is 2.66. The molecule has 232 valence electrons. The number of aliphatic hydroxyl groups is 2. The van der Waals surface area contributed by atoms with E-state index in [-0.39, 0.29) is 29.1 Å². The van der Waals surface area contributed by atoms with Gasteiger partial charge in [-0.2, -0.15) is 0 Å². The monoisotopic (exact) mass is 571 g/mol. The Balaban J connectivity index is 1.35. The summed E-state index contributed by atoms with van der Waals surface area (Å²) >= 11 is 0. The average molecular weight is 572 g/mol. The zero-order valence-corrected chi connectivity index (χ0v) is 26.7. The number of nitrogens with zero attached hydrogens (tertiary/aromatic N) is 1. The molecule has 6 nitrogen and oxygen atoms in total. The SMILES string of the molecule is COCCCN(C[C@]1(O)CCC2C3=CC=C4C[C@@H](O)CC[C@]4(C)C3CC[C@@]21C)C(=O)O[C@H]1C[C@@H](C)CC[C@@H]1C(C)C. The van der Waals surface area contributed by atoms with Crippen LogP contribution < -0.4 is 0 Å². The van der Waals surface area contributed by atoms with Crippen LogP contribution in [0, 0.1) is 40.4 Å². The van der Waals surface area contributed by atoms with Crippen LogP contribution in [0.2, 0.25) is 0 Å². The van der Waals surface area contributed by atoms with Crippen LogP contribution in [0.3, 0.4) is 0 Å². The van der Waals surface area contributed by atoms with Crippen molar-refractivity contribution in [2.24, 2.45) is 40.4 Å². The molecule has 5 aliphatic rings. The molecule has 0 radical (unpaired) electrons. The average Bonchev–Trinajstić information content (AvgIpc) is 3.18. The molecule has 0 spiro atoms. The van der Waals surface area contributed by atoms with Crippen LogP contribution in [0.15, 0.2) is 23.3 Å². The van der Waals surface area contributed by atoms with E-state index >= 15 is 0 Å². The lowest BCUT2D eigenvalue weighted by molar-refractivity contribution is -0.103. The van der Waals surface area contributed by atoms with Crippen LogP contribution in [-0.2, 0) is 9.47 Å². The Hall–Kier alpha value is -1.37. The van der Waals surface area contributed by atoms with Crippen molar-refractivity contribution < 1.29 is 24.5 Å². The van der Waals surface area contributed by atoms with Crippen LogP contribution in [0.4, 0.5) is 4.79 Å². The summed E-state index contributed by atoms with van der Waals surface area (Å²) in [6.07, 6.45) is 14.4. The molecule has 4 saturated carbocycles. The summed E-state index contributed by atoms with van der Waals surface area (Å²) in [6.45, 7) is 12.9. The standard InChI is InChI=1S/C35H57NO5/c1-23(2)27-10-8-24(3)20-31(27)41-32(38)36(18-7-19-40-6)22-35(39)17-14-30-28-11-9-25-21-26(37)12-15-33(25,4)29(28)13-16-34(30,35)5/h9,11,23-24,26-27,29-31,37,39H,7-8,10,12-22H2,1-6H3/t24-,26-,27+,29?,30?,31-,33-,34-,35+/m0/s1. The molecular weight excluding hydrogens is 514 g/mol. The number of hydrogen-bond donors (Lipinski definition) is 2. The zero-order chi connectivity index (χ0) is 29.6. The number of rotatable bonds is 8. The normalized spacial score (nSPS) is 42.1. The highest BCUT2D eigenvalue weighted by molar-refractivity contribution is 5.68. The molecule has 5 aliphatic carbocycles. The number of ether oxygens (including phenoxy) is 2. The van der Waals surface area contributed by atoms with Crippen LogP contribution in [0.5, 0.6) is 0 Å². The van der Waals surface area contributed by atoms with Gasteiger partial charge in [0.15, 0.2) is 0 Å². The fourth-order valence-electron chi connectivity index (χ4n) is 9.76. The maximum Gasteiger partial charge on any atom is 0.410 e. The maximum absolute atomic E-state index is 13.8. The predicted octanol–water partition coefficient (Wildman–Crippen LogP) is 6.90. The second kappa shape index (κ2) is 12.0. The maximum atomic E-state index is 13.8. The molecule has 2 N–H and O–H groups in total. The number of aliphatic hydroxyl groups excluding tert-OH is 1. The summed E-state index contributed by atoms with van der Waals surface area (Å²) in [5.74, 6) is 2.23.